The number of benzene rings is 1. The Hall–Kier alpha value is -1.39. The van der Waals surface area contributed by atoms with E-state index in [0.29, 0.717) is 13.0 Å². The highest BCUT2D eigenvalue weighted by atomic mass is 16.5. The van der Waals surface area contributed by atoms with Crippen LogP contribution < -0.4 is 0 Å². The summed E-state index contributed by atoms with van der Waals surface area (Å²) in [7, 11) is 1.40. The van der Waals surface area contributed by atoms with E-state index in [1.807, 2.05) is 4.90 Å². The molecule has 0 amide bonds. The number of methoxy groups -OCH3 is 1. The number of ether oxygens (including phenoxy) is 1. The van der Waals surface area contributed by atoms with E-state index >= 15 is 0 Å². The van der Waals surface area contributed by atoms with Crippen LogP contribution in [-0.2, 0) is 16.0 Å². The molecule has 1 heterocycles. The van der Waals surface area contributed by atoms with Crippen molar-refractivity contribution in [3.8, 4) is 0 Å². The van der Waals surface area contributed by atoms with E-state index in [4.69, 9.17) is 4.74 Å². The SMILES string of the molecule is COC(=O)C1CC(O)CN1CCCc1cccc(C)c1. The molecule has 1 fully saturated rings. The van der Waals surface area contributed by atoms with Crippen molar-refractivity contribution in [3.05, 3.63) is 35.4 Å². The van der Waals surface area contributed by atoms with Gasteiger partial charge in [-0.1, -0.05) is 29.8 Å². The Labute approximate surface area is 120 Å². The summed E-state index contributed by atoms with van der Waals surface area (Å²) in [4.78, 5) is 13.7. The zero-order valence-corrected chi connectivity index (χ0v) is 12.2. The van der Waals surface area contributed by atoms with Gasteiger partial charge in [-0.05, 0) is 31.9 Å². The predicted molar refractivity (Wildman–Crippen MR) is 77.5 cm³/mol. The summed E-state index contributed by atoms with van der Waals surface area (Å²) in [5, 5.41) is 9.72. The van der Waals surface area contributed by atoms with Crippen molar-refractivity contribution < 1.29 is 14.6 Å². The molecule has 0 saturated carbocycles. The van der Waals surface area contributed by atoms with Gasteiger partial charge < -0.3 is 9.84 Å². The summed E-state index contributed by atoms with van der Waals surface area (Å²) in [6.07, 6.45) is 2.03. The van der Waals surface area contributed by atoms with Crippen LogP contribution in [0.4, 0.5) is 0 Å². The number of aliphatic hydroxyl groups is 1. The van der Waals surface area contributed by atoms with Crippen molar-refractivity contribution in [1.82, 2.24) is 4.90 Å². The summed E-state index contributed by atoms with van der Waals surface area (Å²) in [6, 6.07) is 8.20. The second-order valence-corrected chi connectivity index (χ2v) is 5.52. The standard InChI is InChI=1S/C16H23NO3/c1-12-5-3-6-13(9-12)7-4-8-17-11-14(18)10-15(17)16(19)20-2/h3,5-6,9,14-15,18H,4,7-8,10-11H2,1-2H3. The Balaban J connectivity index is 1.85. The molecule has 0 aliphatic carbocycles. The third kappa shape index (κ3) is 3.81. The third-order valence-corrected chi connectivity index (χ3v) is 3.85. The number of esters is 1. The van der Waals surface area contributed by atoms with Crippen molar-refractivity contribution in [2.24, 2.45) is 0 Å². The molecule has 1 aromatic carbocycles. The number of aliphatic hydroxyl groups excluding tert-OH is 1. The van der Waals surface area contributed by atoms with Crippen molar-refractivity contribution in [2.45, 2.75) is 38.3 Å². The van der Waals surface area contributed by atoms with Crippen LogP contribution in [0.2, 0.25) is 0 Å². The average Bonchev–Trinajstić information content (AvgIpc) is 2.79. The molecule has 1 N–H and O–H groups in total. The molecule has 0 radical (unpaired) electrons. The topological polar surface area (TPSA) is 49.8 Å². The van der Waals surface area contributed by atoms with Crippen LogP contribution in [0.15, 0.2) is 24.3 Å². The first-order valence-electron chi connectivity index (χ1n) is 7.15. The Morgan fingerprint density at radius 2 is 2.30 bits per heavy atom. The molecule has 0 spiro atoms. The van der Waals surface area contributed by atoms with Crippen LogP contribution in [0.3, 0.4) is 0 Å². The Bertz CT molecular complexity index is 461. The number of carbonyl (C=O) groups excluding carboxylic acids is 1. The normalized spacial score (nSPS) is 22.9. The van der Waals surface area contributed by atoms with Crippen LogP contribution >= 0.6 is 0 Å². The monoisotopic (exact) mass is 277 g/mol. The Morgan fingerprint density at radius 3 is 3.00 bits per heavy atom. The molecule has 0 aromatic heterocycles. The summed E-state index contributed by atoms with van der Waals surface area (Å²) in [5.41, 5.74) is 2.59. The van der Waals surface area contributed by atoms with Crippen LogP contribution in [0.25, 0.3) is 0 Å². The molecular formula is C16H23NO3. The fourth-order valence-electron chi connectivity index (χ4n) is 2.86. The molecule has 2 atom stereocenters. The number of carbonyl (C=O) groups is 1. The summed E-state index contributed by atoms with van der Waals surface area (Å²) in [6.45, 7) is 3.46. The van der Waals surface area contributed by atoms with E-state index in [0.717, 1.165) is 19.4 Å². The molecule has 2 unspecified atom stereocenters. The predicted octanol–water partition coefficient (Wildman–Crippen LogP) is 1.54. The van der Waals surface area contributed by atoms with Gasteiger partial charge in [0, 0.05) is 13.0 Å². The number of hydrogen-bond donors (Lipinski definition) is 1. The molecular weight excluding hydrogens is 254 g/mol. The van der Waals surface area contributed by atoms with E-state index in [1.54, 1.807) is 0 Å². The number of rotatable bonds is 5. The third-order valence-electron chi connectivity index (χ3n) is 3.85. The molecule has 1 aromatic rings. The molecule has 4 nitrogen and oxygen atoms in total. The van der Waals surface area contributed by atoms with Gasteiger partial charge >= 0.3 is 5.97 Å². The molecule has 20 heavy (non-hydrogen) atoms. The van der Waals surface area contributed by atoms with Gasteiger partial charge in [-0.2, -0.15) is 0 Å². The zero-order valence-electron chi connectivity index (χ0n) is 12.2. The minimum absolute atomic E-state index is 0.239. The van der Waals surface area contributed by atoms with E-state index in [9.17, 15) is 9.90 Å². The Morgan fingerprint density at radius 1 is 1.50 bits per heavy atom. The van der Waals surface area contributed by atoms with Gasteiger partial charge in [0.25, 0.3) is 0 Å². The number of nitrogens with zero attached hydrogens (tertiary/aromatic N) is 1. The van der Waals surface area contributed by atoms with Crippen molar-refractivity contribution in [1.29, 1.82) is 0 Å². The van der Waals surface area contributed by atoms with Gasteiger partial charge in [0.1, 0.15) is 6.04 Å². The van der Waals surface area contributed by atoms with Gasteiger partial charge in [0.15, 0.2) is 0 Å². The maximum atomic E-state index is 11.7. The molecule has 2 rings (SSSR count). The van der Waals surface area contributed by atoms with Gasteiger partial charge in [0.05, 0.1) is 13.2 Å². The van der Waals surface area contributed by atoms with Crippen molar-refractivity contribution >= 4 is 5.97 Å². The molecule has 1 aliphatic heterocycles. The molecule has 110 valence electrons. The number of likely N-dealkylation sites (tertiary alicyclic amines) is 1. The number of hydrogen-bond acceptors (Lipinski definition) is 4. The quantitative estimate of drug-likeness (QED) is 0.829. The van der Waals surface area contributed by atoms with E-state index in [2.05, 4.69) is 31.2 Å². The molecule has 0 bridgehead atoms. The highest BCUT2D eigenvalue weighted by molar-refractivity contribution is 5.76. The van der Waals surface area contributed by atoms with Crippen LogP contribution in [0, 0.1) is 6.92 Å². The summed E-state index contributed by atoms with van der Waals surface area (Å²) >= 11 is 0. The number of aryl methyl sites for hydroxylation is 2. The van der Waals surface area contributed by atoms with E-state index < -0.39 is 6.10 Å². The van der Waals surface area contributed by atoms with E-state index in [1.165, 1.54) is 18.2 Å². The highest BCUT2D eigenvalue weighted by Gasteiger charge is 2.36. The maximum Gasteiger partial charge on any atom is 0.323 e. The van der Waals surface area contributed by atoms with Crippen LogP contribution in [0.1, 0.15) is 24.0 Å². The molecule has 1 aliphatic rings. The van der Waals surface area contributed by atoms with Crippen molar-refractivity contribution in [2.75, 3.05) is 20.2 Å². The number of β-amino-alcohol motifs (C(OH)–C–C–N with tert-alkyl or cyclic N) is 1. The van der Waals surface area contributed by atoms with Crippen molar-refractivity contribution in [3.63, 3.8) is 0 Å². The largest absolute Gasteiger partial charge is 0.468 e. The Kier molecular flexibility index (Phi) is 5.15. The summed E-state index contributed by atoms with van der Waals surface area (Å²) < 4.78 is 4.80. The molecule has 4 heteroatoms. The van der Waals surface area contributed by atoms with Crippen LogP contribution in [0.5, 0.6) is 0 Å². The first kappa shape index (κ1) is 15.0. The minimum Gasteiger partial charge on any atom is -0.468 e. The van der Waals surface area contributed by atoms with Gasteiger partial charge in [-0.25, -0.2) is 0 Å². The minimum atomic E-state index is -0.418. The average molecular weight is 277 g/mol. The second kappa shape index (κ2) is 6.86. The van der Waals surface area contributed by atoms with E-state index in [-0.39, 0.29) is 12.0 Å². The summed E-state index contributed by atoms with van der Waals surface area (Å²) in [5.74, 6) is -0.239. The fraction of sp³-hybridized carbons (Fsp3) is 0.562. The lowest BCUT2D eigenvalue weighted by atomic mass is 10.1. The first-order chi connectivity index (χ1) is 9.60. The van der Waals surface area contributed by atoms with Gasteiger partial charge in [-0.3, -0.25) is 9.69 Å². The lowest BCUT2D eigenvalue weighted by Gasteiger charge is -2.21. The fourth-order valence-corrected chi connectivity index (χ4v) is 2.86. The van der Waals surface area contributed by atoms with Gasteiger partial charge in [-0.15, -0.1) is 0 Å². The van der Waals surface area contributed by atoms with Crippen LogP contribution in [-0.4, -0.2) is 48.3 Å². The molecule has 1 saturated heterocycles. The maximum absolute atomic E-state index is 11.7. The highest BCUT2D eigenvalue weighted by Crippen LogP contribution is 2.19. The smallest absolute Gasteiger partial charge is 0.323 e. The lowest BCUT2D eigenvalue weighted by Crippen LogP contribution is -2.37. The zero-order chi connectivity index (χ0) is 14.5. The van der Waals surface area contributed by atoms with Gasteiger partial charge in [0.2, 0.25) is 0 Å². The first-order valence-corrected chi connectivity index (χ1v) is 7.15. The second-order valence-electron chi connectivity index (χ2n) is 5.52. The lowest BCUT2D eigenvalue weighted by molar-refractivity contribution is -0.145.